The lowest BCUT2D eigenvalue weighted by molar-refractivity contribution is 0.0564. The zero-order valence-electron chi connectivity index (χ0n) is 5.58. The highest BCUT2D eigenvalue weighted by Crippen LogP contribution is 2.19. The monoisotopic (exact) mass is 162 g/mol. The van der Waals surface area contributed by atoms with Crippen molar-refractivity contribution in [2.75, 3.05) is 11.5 Å². The van der Waals surface area contributed by atoms with Gasteiger partial charge in [-0.2, -0.15) is 11.8 Å². The normalized spacial score (nSPS) is 25.8. The van der Waals surface area contributed by atoms with Gasteiger partial charge in [0, 0.05) is 5.75 Å². The smallest absolute Gasteiger partial charge is 0.450 e. The zero-order valence-corrected chi connectivity index (χ0v) is 6.39. The second-order valence-corrected chi connectivity index (χ2v) is 3.37. The Hall–Kier alpha value is -0.380. The molecule has 0 amide bonds. The van der Waals surface area contributed by atoms with Crippen molar-refractivity contribution in [1.29, 1.82) is 0 Å². The molecule has 0 aromatic rings. The summed E-state index contributed by atoms with van der Waals surface area (Å²) in [5, 5.41) is 8.23. The van der Waals surface area contributed by atoms with Crippen molar-refractivity contribution in [2.24, 2.45) is 0 Å². The molecule has 1 aliphatic heterocycles. The van der Waals surface area contributed by atoms with E-state index in [0.29, 0.717) is 0 Å². The van der Waals surface area contributed by atoms with Gasteiger partial charge in [-0.15, -0.1) is 0 Å². The standard InChI is InChI=1S/C6H10O3S/c7-6(8)9-5-2-1-3-10-4-5/h5H,1-4H2,(H,7,8). The maximum absolute atomic E-state index is 10.0. The number of rotatable bonds is 1. The highest BCUT2D eigenvalue weighted by molar-refractivity contribution is 7.99. The third-order valence-electron chi connectivity index (χ3n) is 1.39. The average Bonchev–Trinajstić information content (AvgIpc) is 1.88. The van der Waals surface area contributed by atoms with Crippen LogP contribution in [0.25, 0.3) is 0 Å². The summed E-state index contributed by atoms with van der Waals surface area (Å²) in [6.07, 6.45) is 0.755. The molecule has 1 heterocycles. The van der Waals surface area contributed by atoms with Crippen LogP contribution >= 0.6 is 11.8 Å². The first-order chi connectivity index (χ1) is 4.79. The van der Waals surface area contributed by atoms with Gasteiger partial charge >= 0.3 is 6.16 Å². The predicted molar refractivity (Wildman–Crippen MR) is 39.5 cm³/mol. The van der Waals surface area contributed by atoms with Gasteiger partial charge in [0.15, 0.2) is 0 Å². The zero-order chi connectivity index (χ0) is 7.40. The molecule has 0 aromatic heterocycles. The number of hydrogen-bond acceptors (Lipinski definition) is 3. The molecular weight excluding hydrogens is 152 g/mol. The summed E-state index contributed by atoms with van der Waals surface area (Å²) in [7, 11) is 0. The Labute approximate surface area is 63.8 Å². The molecule has 10 heavy (non-hydrogen) atoms. The summed E-state index contributed by atoms with van der Waals surface area (Å²) in [6.45, 7) is 0. The topological polar surface area (TPSA) is 46.5 Å². The van der Waals surface area contributed by atoms with Gasteiger partial charge in [0.2, 0.25) is 0 Å². The van der Waals surface area contributed by atoms with Crippen LogP contribution in [-0.4, -0.2) is 28.9 Å². The lowest BCUT2D eigenvalue weighted by Gasteiger charge is -2.19. The van der Waals surface area contributed by atoms with Crippen molar-refractivity contribution in [1.82, 2.24) is 0 Å². The third-order valence-corrected chi connectivity index (χ3v) is 2.57. The highest BCUT2D eigenvalue weighted by Gasteiger charge is 2.16. The summed E-state index contributed by atoms with van der Waals surface area (Å²) in [6, 6.07) is 0. The first-order valence-electron chi connectivity index (χ1n) is 3.26. The number of carbonyl (C=O) groups is 1. The lowest BCUT2D eigenvalue weighted by Crippen LogP contribution is -2.22. The second-order valence-electron chi connectivity index (χ2n) is 2.22. The quantitative estimate of drug-likeness (QED) is 0.594. The molecule has 1 rings (SSSR count). The first-order valence-corrected chi connectivity index (χ1v) is 4.42. The highest BCUT2D eigenvalue weighted by atomic mass is 32.2. The van der Waals surface area contributed by atoms with Gasteiger partial charge in [0.05, 0.1) is 0 Å². The molecule has 0 radical (unpaired) electrons. The van der Waals surface area contributed by atoms with Crippen LogP contribution in [0.1, 0.15) is 12.8 Å². The van der Waals surface area contributed by atoms with Crippen molar-refractivity contribution in [3.05, 3.63) is 0 Å². The molecule has 58 valence electrons. The molecule has 4 heteroatoms. The Bertz CT molecular complexity index is 120. The van der Waals surface area contributed by atoms with Crippen molar-refractivity contribution < 1.29 is 14.6 Å². The van der Waals surface area contributed by atoms with Gasteiger partial charge in [0.25, 0.3) is 0 Å². The largest absolute Gasteiger partial charge is 0.506 e. The van der Waals surface area contributed by atoms with Gasteiger partial charge < -0.3 is 9.84 Å². The van der Waals surface area contributed by atoms with Crippen LogP contribution in [0.15, 0.2) is 0 Å². The van der Waals surface area contributed by atoms with E-state index < -0.39 is 6.16 Å². The second kappa shape index (κ2) is 3.71. The Kier molecular flexibility index (Phi) is 2.86. The van der Waals surface area contributed by atoms with E-state index in [-0.39, 0.29) is 6.10 Å². The van der Waals surface area contributed by atoms with Crippen LogP contribution in [0.3, 0.4) is 0 Å². The molecule has 1 saturated heterocycles. The summed E-state index contributed by atoms with van der Waals surface area (Å²) in [4.78, 5) is 10.0. The minimum absolute atomic E-state index is 0.0590. The number of carboxylic acid groups (broad SMARTS) is 1. The van der Waals surface area contributed by atoms with E-state index in [1.54, 1.807) is 11.8 Å². The average molecular weight is 162 g/mol. The molecule has 0 saturated carbocycles. The molecule has 0 aliphatic carbocycles. The fourth-order valence-electron chi connectivity index (χ4n) is 0.947. The van der Waals surface area contributed by atoms with E-state index in [2.05, 4.69) is 4.74 Å². The predicted octanol–water partition coefficient (Wildman–Crippen LogP) is 1.58. The van der Waals surface area contributed by atoms with Gasteiger partial charge in [-0.1, -0.05) is 0 Å². The molecule has 0 aromatic carbocycles. The van der Waals surface area contributed by atoms with Gasteiger partial charge in [-0.05, 0) is 18.6 Å². The summed E-state index contributed by atoms with van der Waals surface area (Å²) >= 11 is 1.76. The minimum atomic E-state index is -1.15. The third kappa shape index (κ3) is 2.47. The Balaban J connectivity index is 2.19. The van der Waals surface area contributed by atoms with Gasteiger partial charge in [-0.25, -0.2) is 4.79 Å². The molecule has 3 nitrogen and oxygen atoms in total. The Morgan fingerprint density at radius 2 is 2.50 bits per heavy atom. The summed E-state index contributed by atoms with van der Waals surface area (Å²) < 4.78 is 4.59. The maximum atomic E-state index is 10.0. The van der Waals surface area contributed by atoms with Gasteiger partial charge in [0.1, 0.15) is 6.10 Å². The van der Waals surface area contributed by atoms with Crippen LogP contribution in [0.5, 0.6) is 0 Å². The summed E-state index contributed by atoms with van der Waals surface area (Å²) in [5.74, 6) is 1.96. The molecule has 0 bridgehead atoms. The molecule has 1 fully saturated rings. The molecular formula is C6H10O3S. The van der Waals surface area contributed by atoms with E-state index in [4.69, 9.17) is 5.11 Å². The van der Waals surface area contributed by atoms with E-state index in [1.165, 1.54) is 0 Å². The van der Waals surface area contributed by atoms with E-state index in [0.717, 1.165) is 24.3 Å². The van der Waals surface area contributed by atoms with E-state index in [1.807, 2.05) is 0 Å². The van der Waals surface area contributed by atoms with E-state index >= 15 is 0 Å². The Morgan fingerprint density at radius 3 is 3.00 bits per heavy atom. The minimum Gasteiger partial charge on any atom is -0.450 e. The maximum Gasteiger partial charge on any atom is 0.506 e. The van der Waals surface area contributed by atoms with Crippen LogP contribution in [0, 0.1) is 0 Å². The molecule has 1 N–H and O–H groups in total. The van der Waals surface area contributed by atoms with Gasteiger partial charge in [-0.3, -0.25) is 0 Å². The molecule has 1 aliphatic rings. The SMILES string of the molecule is O=C(O)OC1CCCSC1. The number of hydrogen-bond donors (Lipinski definition) is 1. The first kappa shape index (κ1) is 7.72. The van der Waals surface area contributed by atoms with Crippen molar-refractivity contribution >= 4 is 17.9 Å². The Morgan fingerprint density at radius 1 is 1.70 bits per heavy atom. The van der Waals surface area contributed by atoms with E-state index in [9.17, 15) is 4.79 Å². The van der Waals surface area contributed by atoms with Crippen LogP contribution in [0.4, 0.5) is 4.79 Å². The summed E-state index contributed by atoms with van der Waals surface area (Å²) in [5.41, 5.74) is 0. The van der Waals surface area contributed by atoms with Crippen LogP contribution in [-0.2, 0) is 4.74 Å². The van der Waals surface area contributed by atoms with Crippen molar-refractivity contribution in [3.8, 4) is 0 Å². The fourth-order valence-corrected chi connectivity index (χ4v) is 1.98. The van der Waals surface area contributed by atoms with Crippen molar-refractivity contribution in [3.63, 3.8) is 0 Å². The number of ether oxygens (including phenoxy) is 1. The number of thioether (sulfide) groups is 1. The molecule has 1 unspecified atom stereocenters. The van der Waals surface area contributed by atoms with Crippen LogP contribution < -0.4 is 0 Å². The molecule has 0 spiro atoms. The van der Waals surface area contributed by atoms with Crippen molar-refractivity contribution in [2.45, 2.75) is 18.9 Å². The van der Waals surface area contributed by atoms with Crippen LogP contribution in [0.2, 0.25) is 0 Å². The lowest BCUT2D eigenvalue weighted by atomic mass is 10.2. The molecule has 1 atom stereocenters. The fraction of sp³-hybridized carbons (Fsp3) is 0.833.